The second-order valence-corrected chi connectivity index (χ2v) is 4.56. The monoisotopic (exact) mass is 316 g/mol. The predicted octanol–water partition coefficient (Wildman–Crippen LogP) is -0.258. The first kappa shape index (κ1) is 15.8. The van der Waals surface area contributed by atoms with Crippen molar-refractivity contribution in [2.75, 3.05) is 0 Å². The summed E-state index contributed by atoms with van der Waals surface area (Å²) in [6.45, 7) is 0.440. The summed E-state index contributed by atoms with van der Waals surface area (Å²) in [4.78, 5) is 14.8. The number of amides is 1. The van der Waals surface area contributed by atoms with Crippen LogP contribution in [0.1, 0.15) is 15.9 Å². The van der Waals surface area contributed by atoms with Gasteiger partial charge in [0.25, 0.3) is 5.91 Å². The smallest absolute Gasteiger partial charge is 0.253 e. The molecule has 0 spiro atoms. The summed E-state index contributed by atoms with van der Waals surface area (Å²) in [6.07, 6.45) is 3.63. The zero-order valence-corrected chi connectivity index (χ0v) is 12.1. The third-order valence-corrected chi connectivity index (χ3v) is 2.95. The number of pyridine rings is 1. The molecule has 0 saturated carbocycles. The Morgan fingerprint density at radius 3 is 2.68 bits per heavy atom. The Bertz CT molecular complexity index is 561. The number of aromatic amines is 1. The van der Waals surface area contributed by atoms with Gasteiger partial charge in [-0.15, -0.1) is 0 Å². The SMILES string of the molecule is O=C(NCc1ccc[nH+]c1)c1ccc(Cl)cc1Cl.[Cl-]. The van der Waals surface area contributed by atoms with E-state index in [0.29, 0.717) is 22.2 Å². The molecule has 0 fully saturated rings. The molecular weight excluding hydrogens is 307 g/mol. The number of halogens is 3. The molecule has 1 heterocycles. The number of rotatable bonds is 3. The van der Waals surface area contributed by atoms with Crippen LogP contribution >= 0.6 is 23.2 Å². The minimum Gasteiger partial charge on any atom is -1.00 e. The number of benzene rings is 1. The van der Waals surface area contributed by atoms with Gasteiger partial charge >= 0.3 is 0 Å². The van der Waals surface area contributed by atoms with Crippen LogP contribution in [0.2, 0.25) is 10.0 Å². The molecule has 0 unspecified atom stereocenters. The molecule has 0 aliphatic rings. The van der Waals surface area contributed by atoms with Gasteiger partial charge in [0.05, 0.1) is 10.6 Å². The lowest BCUT2D eigenvalue weighted by Crippen LogP contribution is -3.00. The van der Waals surface area contributed by atoms with Crippen molar-refractivity contribution in [2.24, 2.45) is 0 Å². The van der Waals surface area contributed by atoms with Crippen molar-refractivity contribution in [3.05, 3.63) is 63.9 Å². The van der Waals surface area contributed by atoms with Gasteiger partial charge in [-0.25, -0.2) is 4.98 Å². The molecule has 0 aliphatic heterocycles. The molecule has 0 saturated heterocycles. The molecule has 19 heavy (non-hydrogen) atoms. The maximum atomic E-state index is 11.9. The van der Waals surface area contributed by atoms with Gasteiger partial charge in [-0.2, -0.15) is 0 Å². The summed E-state index contributed by atoms with van der Waals surface area (Å²) in [7, 11) is 0. The van der Waals surface area contributed by atoms with E-state index >= 15 is 0 Å². The third-order valence-electron chi connectivity index (χ3n) is 2.40. The van der Waals surface area contributed by atoms with E-state index < -0.39 is 0 Å². The third kappa shape index (κ3) is 4.39. The Balaban J connectivity index is 0.00000180. The molecule has 2 rings (SSSR count). The van der Waals surface area contributed by atoms with Gasteiger partial charge in [0.1, 0.15) is 0 Å². The number of nitrogens with one attached hydrogen (secondary N) is 2. The van der Waals surface area contributed by atoms with E-state index in [4.69, 9.17) is 23.2 Å². The Morgan fingerprint density at radius 2 is 2.05 bits per heavy atom. The van der Waals surface area contributed by atoms with Crippen LogP contribution in [0.15, 0.2) is 42.7 Å². The lowest BCUT2D eigenvalue weighted by molar-refractivity contribution is -0.378. The van der Waals surface area contributed by atoms with E-state index in [1.54, 1.807) is 24.4 Å². The second kappa shape index (κ2) is 7.34. The number of carbonyl (C=O) groups is 1. The molecule has 0 aliphatic carbocycles. The van der Waals surface area contributed by atoms with Gasteiger partial charge in [0, 0.05) is 23.2 Å². The largest absolute Gasteiger partial charge is 1.00 e. The second-order valence-electron chi connectivity index (χ2n) is 3.72. The lowest BCUT2D eigenvalue weighted by atomic mass is 10.2. The highest BCUT2D eigenvalue weighted by Gasteiger charge is 2.10. The van der Waals surface area contributed by atoms with E-state index in [9.17, 15) is 4.79 Å². The lowest BCUT2D eigenvalue weighted by Gasteiger charge is -2.06. The standard InChI is InChI=1S/C13H10Cl2N2O.ClH/c14-10-3-4-11(12(15)6-10)13(18)17-8-9-2-1-5-16-7-9;/h1-7H,8H2,(H,17,18);1H. The van der Waals surface area contributed by atoms with E-state index in [0.717, 1.165) is 5.56 Å². The summed E-state index contributed by atoms with van der Waals surface area (Å²) in [5.74, 6) is -0.222. The quantitative estimate of drug-likeness (QED) is 0.833. The number of H-pyrrole nitrogens is 1. The minimum absolute atomic E-state index is 0. The fourth-order valence-electron chi connectivity index (χ4n) is 1.49. The highest BCUT2D eigenvalue weighted by atomic mass is 35.5. The summed E-state index contributed by atoms with van der Waals surface area (Å²) in [5.41, 5.74) is 1.40. The van der Waals surface area contributed by atoms with Gasteiger partial charge in [-0.05, 0) is 24.3 Å². The molecule has 0 radical (unpaired) electrons. The van der Waals surface area contributed by atoms with Crippen LogP contribution in [0.3, 0.4) is 0 Å². The van der Waals surface area contributed by atoms with Crippen LogP contribution in [0.4, 0.5) is 0 Å². The molecule has 1 amide bonds. The Labute approximate surface area is 127 Å². The molecule has 3 nitrogen and oxygen atoms in total. The Hall–Kier alpha value is -1.29. The maximum absolute atomic E-state index is 11.9. The number of hydrogen-bond donors (Lipinski definition) is 1. The van der Waals surface area contributed by atoms with Crippen molar-refractivity contribution in [1.82, 2.24) is 5.32 Å². The molecule has 0 bridgehead atoms. The van der Waals surface area contributed by atoms with Gasteiger partial charge in [0.15, 0.2) is 12.4 Å². The van der Waals surface area contributed by atoms with Crippen molar-refractivity contribution in [2.45, 2.75) is 6.54 Å². The van der Waals surface area contributed by atoms with Crippen LogP contribution in [0.5, 0.6) is 0 Å². The van der Waals surface area contributed by atoms with Crippen molar-refractivity contribution >= 4 is 29.1 Å². The van der Waals surface area contributed by atoms with Crippen LogP contribution in [-0.2, 0) is 6.54 Å². The molecule has 1 aromatic carbocycles. The van der Waals surface area contributed by atoms with Crippen molar-refractivity contribution in [1.29, 1.82) is 0 Å². The highest BCUT2D eigenvalue weighted by molar-refractivity contribution is 6.36. The number of aromatic nitrogens is 1. The number of carbonyl (C=O) groups excluding carboxylic acids is 1. The van der Waals surface area contributed by atoms with E-state index in [1.165, 1.54) is 0 Å². The van der Waals surface area contributed by atoms with Gasteiger partial charge < -0.3 is 17.7 Å². The molecular formula is C13H11Cl3N2O. The fourth-order valence-corrected chi connectivity index (χ4v) is 1.99. The summed E-state index contributed by atoms with van der Waals surface area (Å²) < 4.78 is 0. The summed E-state index contributed by atoms with van der Waals surface area (Å²) in [5, 5.41) is 3.64. The molecule has 2 N–H and O–H groups in total. The van der Waals surface area contributed by atoms with Crippen LogP contribution in [0.25, 0.3) is 0 Å². The molecule has 1 aromatic heterocycles. The van der Waals surface area contributed by atoms with Crippen molar-refractivity contribution in [3.63, 3.8) is 0 Å². The normalized spacial score (nSPS) is 9.58. The first-order valence-corrected chi connectivity index (χ1v) is 6.10. The van der Waals surface area contributed by atoms with Crippen LogP contribution in [-0.4, -0.2) is 5.91 Å². The van der Waals surface area contributed by atoms with Crippen LogP contribution < -0.4 is 22.7 Å². The molecule has 6 heteroatoms. The van der Waals surface area contributed by atoms with E-state index in [2.05, 4.69) is 10.3 Å². The van der Waals surface area contributed by atoms with Crippen molar-refractivity contribution in [3.8, 4) is 0 Å². The van der Waals surface area contributed by atoms with E-state index in [-0.39, 0.29) is 18.3 Å². The zero-order valence-electron chi connectivity index (χ0n) is 9.79. The van der Waals surface area contributed by atoms with Gasteiger partial charge in [-0.3, -0.25) is 4.79 Å². The minimum atomic E-state index is -0.222. The molecule has 2 aromatic rings. The molecule has 0 atom stereocenters. The first-order chi connectivity index (χ1) is 8.66. The first-order valence-electron chi connectivity index (χ1n) is 5.35. The Morgan fingerprint density at radius 1 is 1.26 bits per heavy atom. The average Bonchev–Trinajstić information content (AvgIpc) is 2.37. The van der Waals surface area contributed by atoms with Gasteiger partial charge in [-0.1, -0.05) is 23.2 Å². The topological polar surface area (TPSA) is 43.2 Å². The zero-order chi connectivity index (χ0) is 13.0. The highest BCUT2D eigenvalue weighted by Crippen LogP contribution is 2.20. The summed E-state index contributed by atoms with van der Waals surface area (Å²) >= 11 is 11.7. The van der Waals surface area contributed by atoms with Crippen molar-refractivity contribution < 1.29 is 22.2 Å². The van der Waals surface area contributed by atoms with Crippen LogP contribution in [0, 0.1) is 0 Å². The average molecular weight is 318 g/mol. The number of hydrogen-bond acceptors (Lipinski definition) is 1. The molecule has 100 valence electrons. The predicted molar refractivity (Wildman–Crippen MR) is 70.6 cm³/mol. The summed E-state index contributed by atoms with van der Waals surface area (Å²) in [6, 6.07) is 8.58. The Kier molecular flexibility index (Phi) is 6.09. The maximum Gasteiger partial charge on any atom is 0.253 e. The fraction of sp³-hybridized carbons (Fsp3) is 0.0769. The van der Waals surface area contributed by atoms with E-state index in [1.807, 2.05) is 18.3 Å². The van der Waals surface area contributed by atoms with Gasteiger partial charge in [0.2, 0.25) is 0 Å².